The molecular weight excluding hydrogens is 524 g/mol. The van der Waals surface area contributed by atoms with E-state index >= 15 is 0 Å². The molecule has 2 atom stereocenters. The normalized spacial score (nSPS) is 19.9. The first-order chi connectivity index (χ1) is 19.1. The molecule has 0 spiro atoms. The summed E-state index contributed by atoms with van der Waals surface area (Å²) in [6.07, 6.45) is 2.12. The van der Waals surface area contributed by atoms with E-state index in [1.54, 1.807) is 7.11 Å². The monoisotopic (exact) mass is 562 g/mol. The second-order valence-electron chi connectivity index (χ2n) is 11.5. The van der Waals surface area contributed by atoms with E-state index in [1.807, 2.05) is 86.3 Å². The van der Waals surface area contributed by atoms with Crippen molar-refractivity contribution in [2.75, 3.05) is 32.1 Å². The first-order valence-electron chi connectivity index (χ1n) is 14.0. The van der Waals surface area contributed by atoms with Crippen LogP contribution in [0.4, 0.5) is 5.69 Å². The smallest absolute Gasteiger partial charge is 0.232 e. The average molecular weight is 563 g/mol. The van der Waals surface area contributed by atoms with E-state index in [0.717, 1.165) is 53.9 Å². The van der Waals surface area contributed by atoms with Gasteiger partial charge in [0.15, 0.2) is 11.5 Å². The molecule has 6 nitrogen and oxygen atoms in total. The zero-order valence-electron chi connectivity index (χ0n) is 24.0. The molecule has 0 saturated carbocycles. The Labute approximate surface area is 242 Å². The number of carbonyl (C=O) groups is 1. The highest BCUT2D eigenvalue weighted by atomic mass is 35.5. The van der Waals surface area contributed by atoms with Gasteiger partial charge in [0.05, 0.1) is 31.3 Å². The van der Waals surface area contributed by atoms with Crippen molar-refractivity contribution in [3.8, 4) is 11.5 Å². The number of likely N-dealkylation sites (tertiary alicyclic amines) is 1. The molecule has 212 valence electrons. The molecule has 0 aromatic heterocycles. The van der Waals surface area contributed by atoms with E-state index in [9.17, 15) is 9.90 Å². The number of anilines is 1. The number of fused-ring (bicyclic) bond motifs is 1. The van der Waals surface area contributed by atoms with Gasteiger partial charge in [0, 0.05) is 10.7 Å². The number of hydrogen-bond acceptors (Lipinski definition) is 5. The third kappa shape index (κ3) is 5.58. The molecule has 2 aliphatic rings. The minimum atomic E-state index is -0.937. The lowest BCUT2D eigenvalue weighted by molar-refractivity contribution is -0.118. The van der Waals surface area contributed by atoms with Gasteiger partial charge in [-0.1, -0.05) is 35.9 Å². The molecule has 1 N–H and O–H groups in total. The molecule has 2 heterocycles. The fraction of sp³-hybridized carbons (Fsp3) is 0.424. The van der Waals surface area contributed by atoms with Crippen molar-refractivity contribution in [3.05, 3.63) is 87.9 Å². The second kappa shape index (κ2) is 11.4. The molecule has 3 aromatic rings. The van der Waals surface area contributed by atoms with Crippen LogP contribution >= 0.6 is 11.6 Å². The van der Waals surface area contributed by atoms with Crippen LogP contribution in [0.25, 0.3) is 0 Å². The van der Waals surface area contributed by atoms with Crippen molar-refractivity contribution >= 4 is 23.2 Å². The fourth-order valence-electron chi connectivity index (χ4n) is 6.09. The Morgan fingerprint density at radius 3 is 2.25 bits per heavy atom. The van der Waals surface area contributed by atoms with Crippen LogP contribution in [0.3, 0.4) is 0 Å². The summed E-state index contributed by atoms with van der Waals surface area (Å²) in [5.74, 6) is 1.44. The van der Waals surface area contributed by atoms with Crippen LogP contribution in [0.15, 0.2) is 60.7 Å². The molecular formula is C33H39ClN2O4. The van der Waals surface area contributed by atoms with E-state index in [2.05, 4.69) is 11.9 Å². The molecule has 0 aliphatic carbocycles. The standard InChI is InChI=1S/C33H39ClN2O4/c1-21(2)40-30-20-28-23(18-29(30)39-5)19-31(37)36(32(28)22-6-10-26(34)11-7-22)27-12-8-24(9-13-27)33(3,38)25-14-16-35(4)17-15-25/h6-13,18,20-21,25,32,38H,14-17,19H2,1-5H3/t32?,33-/m1/s1. The predicted molar refractivity (Wildman–Crippen MR) is 159 cm³/mol. The topological polar surface area (TPSA) is 62.2 Å². The maximum atomic E-state index is 13.8. The molecule has 1 unspecified atom stereocenters. The van der Waals surface area contributed by atoms with E-state index in [4.69, 9.17) is 21.1 Å². The van der Waals surface area contributed by atoms with Crippen molar-refractivity contribution < 1.29 is 19.4 Å². The van der Waals surface area contributed by atoms with Crippen LogP contribution in [-0.2, 0) is 16.8 Å². The van der Waals surface area contributed by atoms with Crippen molar-refractivity contribution in [1.82, 2.24) is 4.90 Å². The first kappa shape index (κ1) is 28.5. The van der Waals surface area contributed by atoms with E-state index in [0.29, 0.717) is 16.5 Å². The molecule has 1 saturated heterocycles. The largest absolute Gasteiger partial charge is 0.493 e. The SMILES string of the molecule is COc1cc2c(cc1OC(C)C)C(c1ccc(Cl)cc1)N(c1ccc([C@@](C)(O)C3CCN(C)CC3)cc1)C(=O)C2. The van der Waals surface area contributed by atoms with Gasteiger partial charge >= 0.3 is 0 Å². The van der Waals surface area contributed by atoms with Gasteiger partial charge < -0.3 is 24.4 Å². The van der Waals surface area contributed by atoms with Crippen molar-refractivity contribution in [3.63, 3.8) is 0 Å². The molecule has 5 rings (SSSR count). The Balaban J connectivity index is 1.56. The lowest BCUT2D eigenvalue weighted by Gasteiger charge is -2.40. The van der Waals surface area contributed by atoms with E-state index < -0.39 is 5.60 Å². The summed E-state index contributed by atoms with van der Waals surface area (Å²) in [5.41, 5.74) is 3.56. The number of amides is 1. The summed E-state index contributed by atoms with van der Waals surface area (Å²) >= 11 is 6.24. The van der Waals surface area contributed by atoms with Crippen LogP contribution in [0, 0.1) is 5.92 Å². The van der Waals surface area contributed by atoms with Crippen molar-refractivity contribution in [2.45, 2.75) is 57.8 Å². The Kier molecular flexibility index (Phi) is 8.14. The first-order valence-corrected chi connectivity index (χ1v) is 14.4. The lowest BCUT2D eigenvalue weighted by atomic mass is 9.77. The minimum absolute atomic E-state index is 0.0122. The van der Waals surface area contributed by atoms with Crippen LogP contribution < -0.4 is 14.4 Å². The molecule has 1 amide bonds. The third-order valence-electron chi connectivity index (χ3n) is 8.38. The Morgan fingerprint density at radius 1 is 1.00 bits per heavy atom. The summed E-state index contributed by atoms with van der Waals surface area (Å²) in [5, 5.41) is 12.2. The van der Waals surface area contributed by atoms with Gasteiger partial charge in [-0.15, -0.1) is 0 Å². The Hall–Kier alpha value is -3.06. The number of ether oxygens (including phenoxy) is 2. The van der Waals surface area contributed by atoms with Crippen molar-refractivity contribution in [1.29, 1.82) is 0 Å². The summed E-state index contributed by atoms with van der Waals surface area (Å²) in [6, 6.07) is 19.0. The average Bonchev–Trinajstić information content (AvgIpc) is 2.93. The highest BCUT2D eigenvalue weighted by Crippen LogP contribution is 2.44. The number of carbonyl (C=O) groups excluding carboxylic acids is 1. The highest BCUT2D eigenvalue weighted by molar-refractivity contribution is 6.30. The van der Waals surface area contributed by atoms with Gasteiger partial charge in [-0.25, -0.2) is 0 Å². The van der Waals surface area contributed by atoms with Crippen molar-refractivity contribution in [2.24, 2.45) is 5.92 Å². The van der Waals surface area contributed by atoms with Crippen LogP contribution in [-0.4, -0.2) is 49.3 Å². The molecule has 1 fully saturated rings. The van der Waals surface area contributed by atoms with E-state index in [-0.39, 0.29) is 30.4 Å². The predicted octanol–water partition coefficient (Wildman–Crippen LogP) is 6.36. The molecule has 7 heteroatoms. The number of halogens is 1. The summed E-state index contributed by atoms with van der Waals surface area (Å²) in [6.45, 7) is 7.84. The minimum Gasteiger partial charge on any atom is -0.493 e. The number of piperidine rings is 1. The Bertz CT molecular complexity index is 1350. The quantitative estimate of drug-likeness (QED) is 0.363. The fourth-order valence-corrected chi connectivity index (χ4v) is 6.22. The number of nitrogens with zero attached hydrogens (tertiary/aromatic N) is 2. The molecule has 0 bridgehead atoms. The number of rotatable bonds is 7. The number of benzene rings is 3. The van der Waals surface area contributed by atoms with E-state index in [1.165, 1.54) is 0 Å². The van der Waals surface area contributed by atoms with Crippen LogP contribution in [0.5, 0.6) is 11.5 Å². The maximum absolute atomic E-state index is 13.8. The Morgan fingerprint density at radius 2 is 1.65 bits per heavy atom. The maximum Gasteiger partial charge on any atom is 0.232 e. The second-order valence-corrected chi connectivity index (χ2v) is 12.0. The highest BCUT2D eigenvalue weighted by Gasteiger charge is 2.38. The van der Waals surface area contributed by atoms with Gasteiger partial charge in [0.1, 0.15) is 0 Å². The summed E-state index contributed by atoms with van der Waals surface area (Å²) in [7, 11) is 3.74. The van der Waals surface area contributed by atoms with Crippen LogP contribution in [0.1, 0.15) is 61.9 Å². The van der Waals surface area contributed by atoms with Gasteiger partial charge in [-0.3, -0.25) is 4.79 Å². The number of methoxy groups -OCH3 is 1. The summed E-state index contributed by atoms with van der Waals surface area (Å²) < 4.78 is 11.7. The molecule has 0 radical (unpaired) electrons. The third-order valence-corrected chi connectivity index (χ3v) is 8.63. The van der Waals surface area contributed by atoms with Gasteiger partial charge in [0.25, 0.3) is 0 Å². The number of hydrogen-bond donors (Lipinski definition) is 1. The lowest BCUT2D eigenvalue weighted by Crippen LogP contribution is -2.41. The molecule has 40 heavy (non-hydrogen) atoms. The zero-order chi connectivity index (χ0) is 28.6. The van der Waals surface area contributed by atoms with Crippen LogP contribution in [0.2, 0.25) is 5.02 Å². The van der Waals surface area contributed by atoms with Gasteiger partial charge in [0.2, 0.25) is 5.91 Å². The zero-order valence-corrected chi connectivity index (χ0v) is 24.7. The van der Waals surface area contributed by atoms with Gasteiger partial charge in [-0.05, 0) is 118 Å². The summed E-state index contributed by atoms with van der Waals surface area (Å²) in [4.78, 5) is 18.0. The molecule has 3 aromatic carbocycles. The van der Waals surface area contributed by atoms with Gasteiger partial charge in [-0.2, -0.15) is 0 Å². The molecule has 2 aliphatic heterocycles. The number of aliphatic hydroxyl groups is 1.